The molecule has 150 valence electrons. The van der Waals surface area contributed by atoms with Crippen LogP contribution >= 0.6 is 0 Å². The minimum absolute atomic E-state index is 0.0691. The number of carbonyl (C=O) groups excluding carboxylic acids is 1. The van der Waals surface area contributed by atoms with Gasteiger partial charge in [0.05, 0.1) is 17.0 Å². The maximum absolute atomic E-state index is 13.0. The van der Waals surface area contributed by atoms with Gasteiger partial charge in [-0.1, -0.05) is 30.3 Å². The number of sulfonamides is 1. The summed E-state index contributed by atoms with van der Waals surface area (Å²) in [6.07, 6.45) is 1.75. The molecule has 0 fully saturated rings. The molecule has 28 heavy (non-hydrogen) atoms. The van der Waals surface area contributed by atoms with Crippen LogP contribution in [0.1, 0.15) is 52.8 Å². The number of rotatable bonds is 5. The second-order valence-electron chi connectivity index (χ2n) is 7.73. The van der Waals surface area contributed by atoms with Crippen molar-refractivity contribution in [1.82, 2.24) is 10.0 Å². The van der Waals surface area contributed by atoms with Gasteiger partial charge in [0.15, 0.2) is 0 Å². The summed E-state index contributed by atoms with van der Waals surface area (Å²) in [4.78, 5) is 13.0. The fourth-order valence-electron chi connectivity index (χ4n) is 3.93. The van der Waals surface area contributed by atoms with E-state index in [0.717, 1.165) is 29.5 Å². The molecule has 1 aliphatic rings. The Kier molecular flexibility index (Phi) is 5.64. The highest BCUT2D eigenvalue weighted by Crippen LogP contribution is 2.31. The van der Waals surface area contributed by atoms with Crippen LogP contribution in [0.5, 0.6) is 0 Å². The van der Waals surface area contributed by atoms with Crippen molar-refractivity contribution in [3.05, 3.63) is 63.7 Å². The molecule has 0 heterocycles. The molecule has 1 unspecified atom stereocenters. The highest BCUT2D eigenvalue weighted by Gasteiger charge is 2.29. The molecule has 2 N–H and O–H groups in total. The molecule has 0 spiro atoms. The van der Waals surface area contributed by atoms with Crippen molar-refractivity contribution in [3.8, 4) is 0 Å². The van der Waals surface area contributed by atoms with Crippen molar-refractivity contribution in [1.29, 1.82) is 0 Å². The molecule has 0 radical (unpaired) electrons. The molecule has 0 saturated heterocycles. The first-order valence-corrected chi connectivity index (χ1v) is 11.1. The maximum atomic E-state index is 13.0. The van der Waals surface area contributed by atoms with E-state index in [9.17, 15) is 13.2 Å². The Morgan fingerprint density at radius 2 is 1.68 bits per heavy atom. The van der Waals surface area contributed by atoms with Crippen LogP contribution in [0.3, 0.4) is 0 Å². The molecule has 0 aromatic heterocycles. The second-order valence-corrected chi connectivity index (χ2v) is 9.38. The molecule has 0 bridgehead atoms. The van der Waals surface area contributed by atoms with E-state index in [4.69, 9.17) is 0 Å². The zero-order valence-corrected chi connectivity index (χ0v) is 17.9. The zero-order chi connectivity index (χ0) is 20.6. The van der Waals surface area contributed by atoms with E-state index in [1.54, 1.807) is 20.8 Å². The fraction of sp³-hybridized carbons (Fsp3) is 0.409. The lowest BCUT2D eigenvalue weighted by Crippen LogP contribution is -2.45. The smallest absolute Gasteiger partial charge is 0.241 e. The van der Waals surface area contributed by atoms with Gasteiger partial charge in [-0.25, -0.2) is 8.42 Å². The van der Waals surface area contributed by atoms with E-state index in [2.05, 4.69) is 16.1 Å². The lowest BCUT2D eigenvalue weighted by molar-refractivity contribution is -0.123. The number of amides is 1. The van der Waals surface area contributed by atoms with Crippen molar-refractivity contribution in [2.45, 2.75) is 64.4 Å². The highest BCUT2D eigenvalue weighted by atomic mass is 32.2. The molecule has 5 nitrogen and oxygen atoms in total. The Labute approximate surface area is 167 Å². The van der Waals surface area contributed by atoms with Crippen molar-refractivity contribution >= 4 is 15.9 Å². The van der Waals surface area contributed by atoms with Gasteiger partial charge in [0.25, 0.3) is 0 Å². The summed E-state index contributed by atoms with van der Waals surface area (Å²) in [7, 11) is -3.82. The lowest BCUT2D eigenvalue weighted by atomic mass is 10.0. The second kappa shape index (κ2) is 7.68. The number of carbonyl (C=O) groups is 1. The van der Waals surface area contributed by atoms with Crippen LogP contribution < -0.4 is 10.0 Å². The first-order valence-electron chi connectivity index (χ1n) is 9.59. The largest absolute Gasteiger partial charge is 0.348 e. The molecular formula is C22H28N2O3S. The average Bonchev–Trinajstić information content (AvgIpc) is 3.02. The van der Waals surface area contributed by atoms with Crippen LogP contribution in [0, 0.1) is 27.7 Å². The first kappa shape index (κ1) is 20.6. The average molecular weight is 401 g/mol. The summed E-state index contributed by atoms with van der Waals surface area (Å²) >= 11 is 0. The lowest BCUT2D eigenvalue weighted by Gasteiger charge is -2.21. The molecule has 2 aromatic carbocycles. The summed E-state index contributed by atoms with van der Waals surface area (Å²) in [6, 6.07) is 9.09. The normalized spacial score (nSPS) is 17.2. The molecular weight excluding hydrogens is 372 g/mol. The van der Waals surface area contributed by atoms with Gasteiger partial charge in [0.2, 0.25) is 15.9 Å². The number of fused-ring (bicyclic) bond motifs is 1. The van der Waals surface area contributed by atoms with E-state index in [0.29, 0.717) is 11.1 Å². The minimum atomic E-state index is -3.82. The molecule has 0 saturated carbocycles. The summed E-state index contributed by atoms with van der Waals surface area (Å²) < 4.78 is 28.6. The van der Waals surface area contributed by atoms with E-state index in [1.807, 2.05) is 38.1 Å². The van der Waals surface area contributed by atoms with E-state index < -0.39 is 16.1 Å². The fourth-order valence-corrected chi connectivity index (χ4v) is 5.75. The number of nitrogens with one attached hydrogen (secondary N) is 2. The Bertz CT molecular complexity index is 1000. The van der Waals surface area contributed by atoms with Crippen molar-refractivity contribution < 1.29 is 13.2 Å². The Hall–Kier alpha value is -2.18. The third-order valence-electron chi connectivity index (χ3n) is 5.74. The molecule has 1 aliphatic carbocycles. The first-order chi connectivity index (χ1) is 13.1. The van der Waals surface area contributed by atoms with Crippen molar-refractivity contribution in [2.24, 2.45) is 0 Å². The Morgan fingerprint density at radius 1 is 1.07 bits per heavy atom. The summed E-state index contributed by atoms with van der Waals surface area (Å²) in [5.41, 5.74) is 5.63. The van der Waals surface area contributed by atoms with Crippen LogP contribution in [0.15, 0.2) is 35.2 Å². The van der Waals surface area contributed by atoms with Crippen LogP contribution in [0.4, 0.5) is 0 Å². The predicted octanol–water partition coefficient (Wildman–Crippen LogP) is 3.39. The Balaban J connectivity index is 1.78. The van der Waals surface area contributed by atoms with Crippen LogP contribution in [-0.4, -0.2) is 20.4 Å². The topological polar surface area (TPSA) is 75.3 Å². The SMILES string of the molecule is Cc1cc(C)c(C)c(S(=O)(=O)N[C@@H](C)C(=O)NC2CCc3ccccc32)c1C. The minimum Gasteiger partial charge on any atom is -0.348 e. The maximum Gasteiger partial charge on any atom is 0.241 e. The van der Waals surface area contributed by atoms with Gasteiger partial charge >= 0.3 is 0 Å². The zero-order valence-electron chi connectivity index (χ0n) is 17.1. The van der Waals surface area contributed by atoms with E-state index in [1.165, 1.54) is 5.56 Å². The van der Waals surface area contributed by atoms with Crippen molar-refractivity contribution in [2.75, 3.05) is 0 Å². The molecule has 2 atom stereocenters. The summed E-state index contributed by atoms with van der Waals surface area (Å²) in [5, 5.41) is 2.99. The molecule has 3 rings (SSSR count). The monoisotopic (exact) mass is 400 g/mol. The summed E-state index contributed by atoms with van der Waals surface area (Å²) in [6.45, 7) is 8.98. The van der Waals surface area contributed by atoms with Gasteiger partial charge in [-0.15, -0.1) is 0 Å². The van der Waals surface area contributed by atoms with Crippen LogP contribution in [-0.2, 0) is 21.2 Å². The van der Waals surface area contributed by atoms with Gasteiger partial charge in [-0.3, -0.25) is 4.79 Å². The molecule has 2 aromatic rings. The third-order valence-corrected chi connectivity index (χ3v) is 7.55. The van der Waals surface area contributed by atoms with E-state index in [-0.39, 0.29) is 16.8 Å². The van der Waals surface area contributed by atoms with Gasteiger partial charge in [-0.2, -0.15) is 4.72 Å². The highest BCUT2D eigenvalue weighted by molar-refractivity contribution is 7.89. The number of benzene rings is 2. The summed E-state index contributed by atoms with van der Waals surface area (Å²) in [5.74, 6) is -0.315. The standard InChI is InChI=1S/C22H28N2O3S/c1-13-12-14(2)16(4)21(15(13)3)28(26,27)24-17(5)22(25)23-20-11-10-18-8-6-7-9-19(18)20/h6-9,12,17,20,24H,10-11H2,1-5H3,(H,23,25)/t17-,20?/m0/s1. The van der Waals surface area contributed by atoms with Crippen molar-refractivity contribution in [3.63, 3.8) is 0 Å². The predicted molar refractivity (Wildman–Crippen MR) is 111 cm³/mol. The van der Waals surface area contributed by atoms with Crippen LogP contribution in [0.25, 0.3) is 0 Å². The number of hydrogen-bond donors (Lipinski definition) is 2. The molecule has 0 aliphatic heterocycles. The van der Waals surface area contributed by atoms with Gasteiger partial charge in [-0.05, 0) is 80.8 Å². The molecule has 6 heteroatoms. The molecule has 1 amide bonds. The van der Waals surface area contributed by atoms with Crippen LogP contribution in [0.2, 0.25) is 0 Å². The third kappa shape index (κ3) is 3.84. The number of hydrogen-bond acceptors (Lipinski definition) is 3. The Morgan fingerprint density at radius 3 is 2.32 bits per heavy atom. The van der Waals surface area contributed by atoms with Gasteiger partial charge in [0.1, 0.15) is 0 Å². The van der Waals surface area contributed by atoms with Gasteiger partial charge in [0, 0.05) is 0 Å². The number of aryl methyl sites for hydroxylation is 3. The van der Waals surface area contributed by atoms with E-state index >= 15 is 0 Å². The van der Waals surface area contributed by atoms with Gasteiger partial charge < -0.3 is 5.32 Å². The quantitative estimate of drug-likeness (QED) is 0.808.